The molecule has 2 heteroatoms. The molecule has 106 valence electrons. The fourth-order valence-corrected chi connectivity index (χ4v) is 3.71. The summed E-state index contributed by atoms with van der Waals surface area (Å²) in [4.78, 5) is 0. The van der Waals surface area contributed by atoms with Gasteiger partial charge in [0.15, 0.2) is 0 Å². The second-order valence-electron chi connectivity index (χ2n) is 6.21. The lowest BCUT2D eigenvalue weighted by Gasteiger charge is -2.33. The van der Waals surface area contributed by atoms with Crippen LogP contribution in [0, 0.1) is 11.8 Å². The number of hydrogen-bond acceptors (Lipinski definition) is 2. The van der Waals surface area contributed by atoms with E-state index in [4.69, 9.17) is 4.74 Å². The van der Waals surface area contributed by atoms with Gasteiger partial charge in [-0.15, -0.1) is 0 Å². The first kappa shape index (κ1) is 14.3. The van der Waals surface area contributed by atoms with Crippen molar-refractivity contribution in [1.82, 2.24) is 5.32 Å². The summed E-state index contributed by atoms with van der Waals surface area (Å²) in [6, 6.07) is 0.727. The Morgan fingerprint density at radius 3 is 2.33 bits per heavy atom. The Balaban J connectivity index is 1.91. The third kappa shape index (κ3) is 4.24. The van der Waals surface area contributed by atoms with Crippen molar-refractivity contribution in [1.29, 1.82) is 0 Å². The number of ether oxygens (including phenoxy) is 1. The molecule has 1 heterocycles. The van der Waals surface area contributed by atoms with E-state index in [1.165, 1.54) is 64.3 Å². The van der Waals surface area contributed by atoms with Crippen molar-refractivity contribution in [2.24, 2.45) is 11.8 Å². The van der Waals surface area contributed by atoms with Gasteiger partial charge < -0.3 is 10.1 Å². The molecule has 2 unspecified atom stereocenters. The summed E-state index contributed by atoms with van der Waals surface area (Å²) in [5.74, 6) is 1.68. The predicted molar refractivity (Wildman–Crippen MR) is 76.8 cm³/mol. The molecule has 1 saturated heterocycles. The van der Waals surface area contributed by atoms with E-state index in [-0.39, 0.29) is 0 Å². The Kier molecular flexibility index (Phi) is 6.50. The van der Waals surface area contributed by atoms with Crippen molar-refractivity contribution in [2.75, 3.05) is 19.8 Å². The Morgan fingerprint density at radius 1 is 1.00 bits per heavy atom. The van der Waals surface area contributed by atoms with Gasteiger partial charge in [0.1, 0.15) is 0 Å². The highest BCUT2D eigenvalue weighted by molar-refractivity contribution is 4.86. The van der Waals surface area contributed by atoms with Crippen molar-refractivity contribution < 1.29 is 4.74 Å². The summed E-state index contributed by atoms with van der Waals surface area (Å²) in [5.41, 5.74) is 0. The van der Waals surface area contributed by atoms with Crippen LogP contribution < -0.4 is 5.32 Å². The monoisotopic (exact) mass is 253 g/mol. The van der Waals surface area contributed by atoms with Gasteiger partial charge in [-0.3, -0.25) is 0 Å². The molecule has 0 aromatic carbocycles. The molecule has 1 saturated carbocycles. The fourth-order valence-electron chi connectivity index (χ4n) is 3.71. The molecule has 2 atom stereocenters. The molecule has 0 aromatic heterocycles. The lowest BCUT2D eigenvalue weighted by atomic mass is 9.80. The van der Waals surface area contributed by atoms with Gasteiger partial charge in [0.25, 0.3) is 0 Å². The van der Waals surface area contributed by atoms with E-state index in [1.807, 2.05) is 0 Å². The maximum atomic E-state index is 5.62. The quantitative estimate of drug-likeness (QED) is 0.805. The van der Waals surface area contributed by atoms with Gasteiger partial charge in [0, 0.05) is 18.6 Å². The molecule has 18 heavy (non-hydrogen) atoms. The van der Waals surface area contributed by atoms with E-state index < -0.39 is 0 Å². The van der Waals surface area contributed by atoms with Gasteiger partial charge in [-0.2, -0.15) is 0 Å². The van der Waals surface area contributed by atoms with Crippen LogP contribution in [0.1, 0.15) is 64.7 Å². The smallest absolute Gasteiger partial charge is 0.0510 e. The van der Waals surface area contributed by atoms with Crippen LogP contribution in [-0.2, 0) is 4.74 Å². The topological polar surface area (TPSA) is 21.3 Å². The van der Waals surface area contributed by atoms with E-state index in [1.54, 1.807) is 0 Å². The van der Waals surface area contributed by atoms with Crippen molar-refractivity contribution in [3.05, 3.63) is 0 Å². The Labute approximate surface area is 113 Å². The summed E-state index contributed by atoms with van der Waals surface area (Å²) < 4.78 is 5.62. The molecule has 0 radical (unpaired) electrons. The summed E-state index contributed by atoms with van der Waals surface area (Å²) in [5, 5.41) is 3.85. The largest absolute Gasteiger partial charge is 0.381 e. The standard InChI is InChI=1S/C16H31NO/c1-2-11-17-16(15-10-12-18-13-15)14-8-6-4-3-5-7-9-14/h14-17H,2-13H2,1H3. The maximum Gasteiger partial charge on any atom is 0.0510 e. The van der Waals surface area contributed by atoms with Crippen LogP contribution >= 0.6 is 0 Å². The van der Waals surface area contributed by atoms with E-state index in [0.29, 0.717) is 0 Å². The molecule has 1 aliphatic carbocycles. The molecule has 0 amide bonds. The van der Waals surface area contributed by atoms with Crippen molar-refractivity contribution in [3.8, 4) is 0 Å². The maximum absolute atomic E-state index is 5.62. The highest BCUT2D eigenvalue weighted by atomic mass is 16.5. The summed E-state index contributed by atoms with van der Waals surface area (Å²) in [6.07, 6.45) is 12.7. The Bertz CT molecular complexity index is 205. The molecule has 1 N–H and O–H groups in total. The van der Waals surface area contributed by atoms with Gasteiger partial charge in [-0.25, -0.2) is 0 Å². The second-order valence-corrected chi connectivity index (χ2v) is 6.21. The average molecular weight is 253 g/mol. The summed E-state index contributed by atoms with van der Waals surface area (Å²) in [7, 11) is 0. The van der Waals surface area contributed by atoms with E-state index >= 15 is 0 Å². The SMILES string of the molecule is CCCNC(C1CCCCCCC1)C1CCOC1. The van der Waals surface area contributed by atoms with Crippen LogP contribution in [0.2, 0.25) is 0 Å². The normalized spacial score (nSPS) is 28.8. The fraction of sp³-hybridized carbons (Fsp3) is 1.00. The third-order valence-electron chi connectivity index (χ3n) is 4.76. The zero-order chi connectivity index (χ0) is 12.6. The van der Waals surface area contributed by atoms with E-state index in [9.17, 15) is 0 Å². The van der Waals surface area contributed by atoms with E-state index in [0.717, 1.165) is 31.1 Å². The molecule has 2 fully saturated rings. The average Bonchev–Trinajstić information content (AvgIpc) is 2.85. The lowest BCUT2D eigenvalue weighted by Crippen LogP contribution is -2.43. The molecule has 2 rings (SSSR count). The van der Waals surface area contributed by atoms with Gasteiger partial charge in [-0.1, -0.05) is 39.0 Å². The second kappa shape index (κ2) is 8.16. The summed E-state index contributed by atoms with van der Waals surface area (Å²) in [6.45, 7) is 5.44. The lowest BCUT2D eigenvalue weighted by molar-refractivity contribution is 0.156. The van der Waals surface area contributed by atoms with E-state index in [2.05, 4.69) is 12.2 Å². The van der Waals surface area contributed by atoms with Crippen molar-refractivity contribution in [2.45, 2.75) is 70.8 Å². The van der Waals surface area contributed by atoms with Gasteiger partial charge in [0.2, 0.25) is 0 Å². The van der Waals surface area contributed by atoms with Gasteiger partial charge in [0.05, 0.1) is 6.61 Å². The molecule has 0 bridgehead atoms. The Morgan fingerprint density at radius 2 is 1.72 bits per heavy atom. The first-order chi connectivity index (χ1) is 8.92. The van der Waals surface area contributed by atoms with Crippen LogP contribution in [0.3, 0.4) is 0 Å². The van der Waals surface area contributed by atoms with Crippen LogP contribution in [0.25, 0.3) is 0 Å². The molecule has 2 nitrogen and oxygen atoms in total. The number of hydrogen-bond donors (Lipinski definition) is 1. The van der Waals surface area contributed by atoms with Gasteiger partial charge in [-0.05, 0) is 38.1 Å². The molecule has 2 aliphatic rings. The molecular weight excluding hydrogens is 222 g/mol. The number of nitrogens with one attached hydrogen (secondary N) is 1. The predicted octanol–water partition coefficient (Wildman–Crippen LogP) is 3.75. The first-order valence-electron chi connectivity index (χ1n) is 8.23. The van der Waals surface area contributed by atoms with Crippen molar-refractivity contribution >= 4 is 0 Å². The minimum atomic E-state index is 0.727. The van der Waals surface area contributed by atoms with Crippen LogP contribution in [0.15, 0.2) is 0 Å². The molecule has 1 aliphatic heterocycles. The minimum Gasteiger partial charge on any atom is -0.381 e. The first-order valence-corrected chi connectivity index (χ1v) is 8.23. The van der Waals surface area contributed by atoms with Crippen molar-refractivity contribution in [3.63, 3.8) is 0 Å². The van der Waals surface area contributed by atoms with Crippen LogP contribution in [0.4, 0.5) is 0 Å². The minimum absolute atomic E-state index is 0.727. The zero-order valence-electron chi connectivity index (χ0n) is 12.1. The molecule has 0 aromatic rings. The van der Waals surface area contributed by atoms with Crippen LogP contribution in [-0.4, -0.2) is 25.8 Å². The highest BCUT2D eigenvalue weighted by Crippen LogP contribution is 2.31. The van der Waals surface area contributed by atoms with Gasteiger partial charge >= 0.3 is 0 Å². The van der Waals surface area contributed by atoms with Crippen LogP contribution in [0.5, 0.6) is 0 Å². The third-order valence-corrected chi connectivity index (χ3v) is 4.76. The molecular formula is C16H31NO. The Hall–Kier alpha value is -0.0800. The highest BCUT2D eigenvalue weighted by Gasteiger charge is 2.31. The summed E-state index contributed by atoms with van der Waals surface area (Å²) >= 11 is 0. The number of rotatable bonds is 5. The molecule has 0 spiro atoms. The zero-order valence-corrected chi connectivity index (χ0v) is 12.1.